The minimum Gasteiger partial charge on any atom is -0.378 e. The number of nitro groups is 1. The molecule has 0 N–H and O–H groups in total. The van der Waals surface area contributed by atoms with Crippen LogP contribution in [-0.2, 0) is 10.1 Å². The summed E-state index contributed by atoms with van der Waals surface area (Å²) in [7, 11) is -4.21. The molecule has 9 heteroatoms. The van der Waals surface area contributed by atoms with Crippen LogP contribution in [0.3, 0.4) is 0 Å². The Kier molecular flexibility index (Phi) is 4.51. The maximum atomic E-state index is 13.0. The lowest BCUT2D eigenvalue weighted by atomic mass is 10.1. The van der Waals surface area contributed by atoms with E-state index in [0.29, 0.717) is 4.88 Å². The second-order valence-electron chi connectivity index (χ2n) is 4.91. The third-order valence-electron chi connectivity index (χ3n) is 3.26. The van der Waals surface area contributed by atoms with Crippen LogP contribution in [0.4, 0.5) is 10.1 Å². The quantitative estimate of drug-likeness (QED) is 0.376. The molecular formula is C16H10FNO5S2. The van der Waals surface area contributed by atoms with E-state index >= 15 is 0 Å². The molecule has 0 fully saturated rings. The van der Waals surface area contributed by atoms with E-state index in [2.05, 4.69) is 0 Å². The van der Waals surface area contributed by atoms with Crippen molar-refractivity contribution >= 4 is 27.1 Å². The monoisotopic (exact) mass is 379 g/mol. The Balaban J connectivity index is 2.05. The van der Waals surface area contributed by atoms with Gasteiger partial charge in [0.15, 0.2) is 5.75 Å². The fourth-order valence-corrected chi connectivity index (χ4v) is 3.79. The van der Waals surface area contributed by atoms with Crippen LogP contribution >= 0.6 is 11.3 Å². The van der Waals surface area contributed by atoms with Crippen molar-refractivity contribution in [3.8, 4) is 16.2 Å². The van der Waals surface area contributed by atoms with Crippen molar-refractivity contribution in [2.24, 2.45) is 0 Å². The third-order valence-corrected chi connectivity index (χ3v) is 5.41. The van der Waals surface area contributed by atoms with Crippen LogP contribution in [0.15, 0.2) is 64.9 Å². The summed E-state index contributed by atoms with van der Waals surface area (Å²) in [6, 6.07) is 11.3. The van der Waals surface area contributed by atoms with Crippen molar-refractivity contribution in [3.63, 3.8) is 0 Å². The minimum atomic E-state index is -4.21. The summed E-state index contributed by atoms with van der Waals surface area (Å²) in [4.78, 5) is 10.8. The Hall–Kier alpha value is -2.78. The summed E-state index contributed by atoms with van der Waals surface area (Å²) in [6.45, 7) is 0. The largest absolute Gasteiger partial charge is 0.378 e. The van der Waals surface area contributed by atoms with Gasteiger partial charge in [-0.25, -0.2) is 4.39 Å². The Labute approximate surface area is 146 Å². The SMILES string of the molecule is O=[N+]([O-])c1ccc(OS(=O)(=O)c2ccc(F)cc2)c(-c2cccs2)c1. The topological polar surface area (TPSA) is 86.5 Å². The lowest BCUT2D eigenvalue weighted by Gasteiger charge is -2.10. The molecule has 0 saturated heterocycles. The molecule has 0 radical (unpaired) electrons. The van der Waals surface area contributed by atoms with E-state index < -0.39 is 20.9 Å². The summed E-state index contributed by atoms with van der Waals surface area (Å²) in [5.74, 6) is -0.620. The standard InChI is InChI=1S/C16H10FNO5S2/c17-11-3-6-13(7-4-11)25(21,22)23-15-8-5-12(18(19)20)10-14(15)16-2-1-9-24-16/h1-10H. The van der Waals surface area contributed by atoms with Gasteiger partial charge >= 0.3 is 10.1 Å². The average Bonchev–Trinajstić information content (AvgIpc) is 3.09. The maximum Gasteiger partial charge on any atom is 0.339 e. The van der Waals surface area contributed by atoms with E-state index in [0.717, 1.165) is 30.3 Å². The van der Waals surface area contributed by atoms with Gasteiger partial charge in [-0.2, -0.15) is 8.42 Å². The molecule has 0 aliphatic heterocycles. The van der Waals surface area contributed by atoms with E-state index in [9.17, 15) is 22.9 Å². The molecule has 0 saturated carbocycles. The van der Waals surface area contributed by atoms with E-state index in [1.54, 1.807) is 17.5 Å². The highest BCUT2D eigenvalue weighted by molar-refractivity contribution is 7.87. The van der Waals surface area contributed by atoms with Crippen molar-refractivity contribution < 1.29 is 21.9 Å². The molecule has 0 atom stereocenters. The molecule has 1 aromatic heterocycles. The molecule has 25 heavy (non-hydrogen) atoms. The number of nitrogens with zero attached hydrogens (tertiary/aromatic N) is 1. The number of halogens is 1. The predicted octanol–water partition coefficient (Wildman–Crippen LogP) is 4.23. The molecular weight excluding hydrogens is 369 g/mol. The van der Waals surface area contributed by atoms with Gasteiger partial charge in [0.2, 0.25) is 0 Å². The molecule has 0 spiro atoms. The van der Waals surface area contributed by atoms with Gasteiger partial charge in [0, 0.05) is 22.6 Å². The summed E-state index contributed by atoms with van der Waals surface area (Å²) in [5, 5.41) is 12.7. The lowest BCUT2D eigenvalue weighted by Crippen LogP contribution is -2.10. The highest BCUT2D eigenvalue weighted by Crippen LogP contribution is 2.37. The Morgan fingerprint density at radius 1 is 1.08 bits per heavy atom. The molecule has 0 aliphatic rings. The molecule has 3 aromatic rings. The number of rotatable bonds is 5. The minimum absolute atomic E-state index is 0.0441. The second kappa shape index (κ2) is 6.61. The number of hydrogen-bond acceptors (Lipinski definition) is 6. The Bertz CT molecular complexity index is 1020. The first-order chi connectivity index (χ1) is 11.9. The molecule has 3 rings (SSSR count). The van der Waals surface area contributed by atoms with E-state index in [-0.39, 0.29) is 21.9 Å². The molecule has 0 aliphatic carbocycles. The molecule has 128 valence electrons. The van der Waals surface area contributed by atoms with E-state index in [1.807, 2.05) is 0 Å². The van der Waals surface area contributed by atoms with Crippen LogP contribution in [0, 0.1) is 15.9 Å². The molecule has 2 aromatic carbocycles. The first-order valence-corrected chi connectivity index (χ1v) is 9.18. The highest BCUT2D eigenvalue weighted by atomic mass is 32.2. The zero-order chi connectivity index (χ0) is 18.0. The zero-order valence-corrected chi connectivity index (χ0v) is 14.1. The van der Waals surface area contributed by atoms with Gasteiger partial charge in [-0.05, 0) is 41.8 Å². The first kappa shape index (κ1) is 17.1. The van der Waals surface area contributed by atoms with Crippen LogP contribution in [0.2, 0.25) is 0 Å². The summed E-state index contributed by atoms with van der Waals surface area (Å²) >= 11 is 1.29. The number of non-ortho nitro benzene ring substituents is 1. The van der Waals surface area contributed by atoms with Gasteiger partial charge in [-0.1, -0.05) is 6.07 Å². The smallest absolute Gasteiger partial charge is 0.339 e. The fraction of sp³-hybridized carbons (Fsp3) is 0. The fourth-order valence-electron chi connectivity index (χ4n) is 2.10. The Morgan fingerprint density at radius 3 is 2.40 bits per heavy atom. The number of nitro benzene ring substituents is 1. The van der Waals surface area contributed by atoms with Gasteiger partial charge in [0.1, 0.15) is 10.7 Å². The zero-order valence-electron chi connectivity index (χ0n) is 12.5. The van der Waals surface area contributed by atoms with Crippen LogP contribution in [-0.4, -0.2) is 13.3 Å². The van der Waals surface area contributed by atoms with Crippen LogP contribution in [0.5, 0.6) is 5.75 Å². The number of thiophene rings is 1. The van der Waals surface area contributed by atoms with Gasteiger partial charge in [0.25, 0.3) is 5.69 Å². The molecule has 0 amide bonds. The van der Waals surface area contributed by atoms with E-state index in [4.69, 9.17) is 4.18 Å². The molecule has 1 heterocycles. The molecule has 0 bridgehead atoms. The molecule has 6 nitrogen and oxygen atoms in total. The van der Waals surface area contributed by atoms with Crippen LogP contribution in [0.25, 0.3) is 10.4 Å². The summed E-state index contributed by atoms with van der Waals surface area (Å²) in [6.07, 6.45) is 0. The van der Waals surface area contributed by atoms with Crippen molar-refractivity contribution in [2.75, 3.05) is 0 Å². The maximum absolute atomic E-state index is 13.0. The third kappa shape index (κ3) is 3.67. The van der Waals surface area contributed by atoms with Gasteiger partial charge in [0.05, 0.1) is 4.92 Å². The van der Waals surface area contributed by atoms with Crippen molar-refractivity contribution in [1.29, 1.82) is 0 Å². The molecule has 0 unspecified atom stereocenters. The van der Waals surface area contributed by atoms with Crippen molar-refractivity contribution in [3.05, 3.63) is 75.9 Å². The summed E-state index contributed by atoms with van der Waals surface area (Å²) < 4.78 is 42.9. The predicted molar refractivity (Wildman–Crippen MR) is 90.6 cm³/mol. The van der Waals surface area contributed by atoms with Crippen molar-refractivity contribution in [1.82, 2.24) is 0 Å². The van der Waals surface area contributed by atoms with E-state index in [1.165, 1.54) is 23.5 Å². The van der Waals surface area contributed by atoms with Crippen LogP contribution < -0.4 is 4.18 Å². The lowest BCUT2D eigenvalue weighted by molar-refractivity contribution is -0.384. The first-order valence-electron chi connectivity index (χ1n) is 6.89. The highest BCUT2D eigenvalue weighted by Gasteiger charge is 2.21. The second-order valence-corrected chi connectivity index (χ2v) is 7.40. The van der Waals surface area contributed by atoms with Gasteiger partial charge < -0.3 is 4.18 Å². The Morgan fingerprint density at radius 2 is 1.80 bits per heavy atom. The number of hydrogen-bond donors (Lipinski definition) is 0. The van der Waals surface area contributed by atoms with Gasteiger partial charge in [-0.3, -0.25) is 10.1 Å². The normalized spacial score (nSPS) is 11.2. The van der Waals surface area contributed by atoms with Gasteiger partial charge in [-0.15, -0.1) is 11.3 Å². The van der Waals surface area contributed by atoms with Crippen LogP contribution in [0.1, 0.15) is 0 Å². The number of benzene rings is 2. The summed E-state index contributed by atoms with van der Waals surface area (Å²) in [5.41, 5.74) is 0.102. The average molecular weight is 379 g/mol. The van der Waals surface area contributed by atoms with Crippen molar-refractivity contribution in [2.45, 2.75) is 4.90 Å².